The molecule has 3 amide bonds. The molecule has 0 fully saturated rings. The maximum atomic E-state index is 12.0. The van der Waals surface area contributed by atoms with Crippen LogP contribution in [-0.4, -0.2) is 32.0 Å². The second-order valence-electron chi connectivity index (χ2n) is 5.96. The quantitative estimate of drug-likeness (QED) is 0.662. The topological polar surface area (TPSA) is 103 Å². The highest BCUT2D eigenvalue weighted by Gasteiger charge is 2.22. The molecule has 0 aliphatic carbocycles. The first-order chi connectivity index (χ1) is 13.0. The van der Waals surface area contributed by atoms with Crippen molar-refractivity contribution in [1.82, 2.24) is 20.1 Å². The van der Waals surface area contributed by atoms with Gasteiger partial charge in [0, 0.05) is 11.3 Å². The molecule has 0 spiro atoms. The molecular weight excluding hydrogens is 362 g/mol. The van der Waals surface area contributed by atoms with Gasteiger partial charge in [-0.2, -0.15) is 0 Å². The molecule has 0 aliphatic rings. The van der Waals surface area contributed by atoms with Crippen LogP contribution in [0.1, 0.15) is 12.5 Å². The zero-order chi connectivity index (χ0) is 19.4. The Hall–Kier alpha value is -3.13. The summed E-state index contributed by atoms with van der Waals surface area (Å²) in [6.07, 6.45) is 0. The average Bonchev–Trinajstić information content (AvgIpc) is 3.06. The number of nitrogens with one attached hydrogen (secondary N) is 1. The minimum Gasteiger partial charge on any atom is -0.351 e. The smallest absolute Gasteiger partial charge is 0.318 e. The fourth-order valence-corrected chi connectivity index (χ4v) is 3.35. The first kappa shape index (κ1) is 18.7. The van der Waals surface area contributed by atoms with Crippen LogP contribution in [0.25, 0.3) is 17.1 Å². The molecule has 0 radical (unpaired) electrons. The molecular formula is C19H19N5O2S. The highest BCUT2D eigenvalue weighted by molar-refractivity contribution is 8.00. The second-order valence-corrected chi connectivity index (χ2v) is 7.26. The van der Waals surface area contributed by atoms with Crippen molar-refractivity contribution in [1.29, 1.82) is 0 Å². The Labute approximate surface area is 161 Å². The number of aromatic nitrogens is 3. The van der Waals surface area contributed by atoms with Crippen LogP contribution in [0.2, 0.25) is 0 Å². The monoisotopic (exact) mass is 381 g/mol. The molecule has 1 aromatic heterocycles. The van der Waals surface area contributed by atoms with Crippen LogP contribution >= 0.6 is 11.8 Å². The standard InChI is InChI=1S/C19H19N5O2S/c1-12-8-10-15(11-9-12)24-16(14-6-4-3-5-7-14)22-23-19(24)27-13(2)17(25)21-18(20)26/h3-11,13H,1-2H3,(H3,20,21,25,26)/t13-/m1/s1. The number of carbonyl (C=O) groups is 2. The third-order valence-electron chi connectivity index (χ3n) is 3.86. The number of aryl methyl sites for hydroxylation is 1. The molecule has 3 aromatic rings. The number of hydrogen-bond acceptors (Lipinski definition) is 5. The number of nitrogens with zero attached hydrogens (tertiary/aromatic N) is 3. The third kappa shape index (κ3) is 4.35. The lowest BCUT2D eigenvalue weighted by Crippen LogP contribution is -2.39. The fourth-order valence-electron chi connectivity index (χ4n) is 2.48. The lowest BCUT2D eigenvalue weighted by atomic mass is 10.2. The predicted molar refractivity (Wildman–Crippen MR) is 105 cm³/mol. The lowest BCUT2D eigenvalue weighted by molar-refractivity contribution is -0.119. The molecule has 0 saturated carbocycles. The largest absolute Gasteiger partial charge is 0.351 e. The van der Waals surface area contributed by atoms with Crippen LogP contribution in [0.15, 0.2) is 59.8 Å². The van der Waals surface area contributed by atoms with Gasteiger partial charge in [0.1, 0.15) is 0 Å². The molecule has 0 saturated heterocycles. The van der Waals surface area contributed by atoms with E-state index in [0.29, 0.717) is 11.0 Å². The van der Waals surface area contributed by atoms with E-state index in [-0.39, 0.29) is 0 Å². The Balaban J connectivity index is 2.01. The van der Waals surface area contributed by atoms with Gasteiger partial charge in [-0.15, -0.1) is 10.2 Å². The molecule has 0 unspecified atom stereocenters. The van der Waals surface area contributed by atoms with Crippen LogP contribution in [-0.2, 0) is 4.79 Å². The van der Waals surface area contributed by atoms with Gasteiger partial charge in [-0.3, -0.25) is 14.7 Å². The van der Waals surface area contributed by atoms with Gasteiger partial charge in [0.25, 0.3) is 0 Å². The molecule has 7 nitrogen and oxygen atoms in total. The van der Waals surface area contributed by atoms with Crippen molar-refractivity contribution in [3.8, 4) is 17.1 Å². The van der Waals surface area contributed by atoms with Gasteiger partial charge in [0.15, 0.2) is 11.0 Å². The third-order valence-corrected chi connectivity index (χ3v) is 4.90. The molecule has 8 heteroatoms. The van der Waals surface area contributed by atoms with Crippen LogP contribution in [0, 0.1) is 6.92 Å². The molecule has 138 valence electrons. The Morgan fingerprint density at radius 1 is 1.07 bits per heavy atom. The first-order valence-electron chi connectivity index (χ1n) is 8.30. The summed E-state index contributed by atoms with van der Waals surface area (Å²) in [4.78, 5) is 23.0. The molecule has 3 N–H and O–H groups in total. The molecule has 3 rings (SSSR count). The predicted octanol–water partition coefficient (Wildman–Crippen LogP) is 2.92. The van der Waals surface area contributed by atoms with Crippen molar-refractivity contribution in [2.24, 2.45) is 5.73 Å². The summed E-state index contributed by atoms with van der Waals surface area (Å²) in [5, 5.41) is 10.7. The van der Waals surface area contributed by atoms with Gasteiger partial charge in [-0.05, 0) is 26.0 Å². The number of imide groups is 1. The zero-order valence-electron chi connectivity index (χ0n) is 14.9. The number of benzene rings is 2. The first-order valence-corrected chi connectivity index (χ1v) is 9.18. The van der Waals surface area contributed by atoms with E-state index in [9.17, 15) is 9.59 Å². The van der Waals surface area contributed by atoms with Crippen LogP contribution in [0.5, 0.6) is 0 Å². The van der Waals surface area contributed by atoms with Gasteiger partial charge in [-0.25, -0.2) is 4.79 Å². The van der Waals surface area contributed by atoms with E-state index in [4.69, 9.17) is 5.73 Å². The van der Waals surface area contributed by atoms with E-state index in [1.54, 1.807) is 6.92 Å². The number of nitrogens with two attached hydrogens (primary N) is 1. The summed E-state index contributed by atoms with van der Waals surface area (Å²) in [6.45, 7) is 3.69. The van der Waals surface area contributed by atoms with E-state index in [0.717, 1.165) is 16.8 Å². The summed E-state index contributed by atoms with van der Waals surface area (Å²) < 4.78 is 1.90. The van der Waals surface area contributed by atoms with Crippen molar-refractivity contribution in [3.05, 3.63) is 60.2 Å². The Morgan fingerprint density at radius 2 is 1.74 bits per heavy atom. The highest BCUT2D eigenvalue weighted by atomic mass is 32.2. The van der Waals surface area contributed by atoms with Crippen molar-refractivity contribution in [3.63, 3.8) is 0 Å². The summed E-state index contributed by atoms with van der Waals surface area (Å²) >= 11 is 1.20. The van der Waals surface area contributed by atoms with E-state index in [1.165, 1.54) is 11.8 Å². The Bertz CT molecular complexity index is 954. The average molecular weight is 381 g/mol. The van der Waals surface area contributed by atoms with E-state index >= 15 is 0 Å². The molecule has 0 bridgehead atoms. The van der Waals surface area contributed by atoms with E-state index in [1.807, 2.05) is 66.1 Å². The zero-order valence-corrected chi connectivity index (χ0v) is 15.7. The number of thioether (sulfide) groups is 1. The lowest BCUT2D eigenvalue weighted by Gasteiger charge is -2.13. The maximum absolute atomic E-state index is 12.0. The highest BCUT2D eigenvalue weighted by Crippen LogP contribution is 2.30. The number of amides is 3. The van der Waals surface area contributed by atoms with Gasteiger partial charge in [0.2, 0.25) is 5.91 Å². The normalized spacial score (nSPS) is 11.8. The van der Waals surface area contributed by atoms with Gasteiger partial charge >= 0.3 is 6.03 Å². The maximum Gasteiger partial charge on any atom is 0.318 e. The molecule has 27 heavy (non-hydrogen) atoms. The Kier molecular flexibility index (Phi) is 5.56. The number of primary amides is 1. The van der Waals surface area contributed by atoms with Crippen LogP contribution in [0.3, 0.4) is 0 Å². The van der Waals surface area contributed by atoms with Crippen LogP contribution < -0.4 is 11.1 Å². The Morgan fingerprint density at radius 3 is 2.37 bits per heavy atom. The SMILES string of the molecule is Cc1ccc(-n2c(S[C@H](C)C(=O)NC(N)=O)nnc2-c2ccccc2)cc1. The van der Waals surface area contributed by atoms with Gasteiger partial charge in [-0.1, -0.05) is 59.8 Å². The van der Waals surface area contributed by atoms with Crippen molar-refractivity contribution in [2.75, 3.05) is 0 Å². The number of carbonyl (C=O) groups excluding carboxylic acids is 2. The molecule has 1 atom stereocenters. The van der Waals surface area contributed by atoms with Gasteiger partial charge < -0.3 is 5.73 Å². The number of urea groups is 1. The van der Waals surface area contributed by atoms with Gasteiger partial charge in [0.05, 0.1) is 5.25 Å². The van der Waals surface area contributed by atoms with Crippen molar-refractivity contribution >= 4 is 23.7 Å². The minimum atomic E-state index is -0.877. The van der Waals surface area contributed by atoms with Crippen molar-refractivity contribution in [2.45, 2.75) is 24.3 Å². The van der Waals surface area contributed by atoms with E-state index < -0.39 is 17.2 Å². The van der Waals surface area contributed by atoms with Crippen LogP contribution in [0.4, 0.5) is 4.79 Å². The fraction of sp³-hybridized carbons (Fsp3) is 0.158. The van der Waals surface area contributed by atoms with E-state index in [2.05, 4.69) is 15.5 Å². The van der Waals surface area contributed by atoms with Crippen molar-refractivity contribution < 1.29 is 9.59 Å². The minimum absolute atomic E-state index is 0.479. The molecule has 0 aliphatic heterocycles. The summed E-state index contributed by atoms with van der Waals surface area (Å²) in [5.41, 5.74) is 7.95. The molecule has 2 aromatic carbocycles. The second kappa shape index (κ2) is 8.05. The summed E-state index contributed by atoms with van der Waals surface area (Å²) in [7, 11) is 0. The number of hydrogen-bond donors (Lipinski definition) is 2. The molecule has 1 heterocycles. The summed E-state index contributed by atoms with van der Waals surface area (Å²) in [6, 6.07) is 16.8. The number of rotatable bonds is 5. The summed E-state index contributed by atoms with van der Waals surface area (Å²) in [5.74, 6) is 0.191.